The highest BCUT2D eigenvalue weighted by Gasteiger charge is 1.95. The lowest BCUT2D eigenvalue weighted by Crippen LogP contribution is -2.00. The van der Waals surface area contributed by atoms with Gasteiger partial charge in [0, 0.05) is 0 Å². The summed E-state index contributed by atoms with van der Waals surface area (Å²) in [5.41, 5.74) is 2.33. The highest BCUT2D eigenvalue weighted by molar-refractivity contribution is 6.05. The van der Waals surface area contributed by atoms with Gasteiger partial charge in [-0.25, -0.2) is 0 Å². The van der Waals surface area contributed by atoms with E-state index in [4.69, 9.17) is 15.6 Å². The number of rotatable bonds is 3. The van der Waals surface area contributed by atoms with Crippen molar-refractivity contribution in [3.05, 3.63) is 0 Å². The molecule has 0 radical (unpaired) electrons. The maximum atomic E-state index is 8.09. The lowest BCUT2D eigenvalue weighted by molar-refractivity contribution is 0.315. The van der Waals surface area contributed by atoms with E-state index in [0.29, 0.717) is 17.8 Å². The Kier molecular flexibility index (Phi) is 26.6. The number of nitrogens with zero attached hydrogens (tertiary/aromatic N) is 3. The van der Waals surface area contributed by atoms with Crippen molar-refractivity contribution in [3.63, 3.8) is 0 Å². The van der Waals surface area contributed by atoms with Gasteiger partial charge in [0.05, 0.1) is 17.1 Å². The molecule has 0 saturated heterocycles. The zero-order valence-electron chi connectivity index (χ0n) is 16.9. The van der Waals surface area contributed by atoms with E-state index >= 15 is 0 Å². The normalized spacial score (nSPS) is 12.1. The van der Waals surface area contributed by atoms with Crippen LogP contribution in [0.1, 0.15) is 62.3 Å². The predicted molar refractivity (Wildman–Crippen MR) is 105 cm³/mol. The third kappa shape index (κ3) is 25.9. The Morgan fingerprint density at radius 1 is 0.565 bits per heavy atom. The highest BCUT2D eigenvalue weighted by Crippen LogP contribution is 1.94. The minimum atomic E-state index is 0.366. The summed E-state index contributed by atoms with van der Waals surface area (Å²) >= 11 is 0. The van der Waals surface area contributed by atoms with Gasteiger partial charge in [-0.1, -0.05) is 63.6 Å². The lowest BCUT2D eigenvalue weighted by atomic mass is 10.1. The molecular formula is C16H39N3O3Si. The average molecular weight is 350 g/mol. The predicted octanol–water partition coefficient (Wildman–Crippen LogP) is 3.88. The maximum absolute atomic E-state index is 8.09. The molecule has 23 heavy (non-hydrogen) atoms. The molecule has 3 N–H and O–H groups in total. The first-order valence-corrected chi connectivity index (χ1v) is 10.1. The van der Waals surface area contributed by atoms with Gasteiger partial charge in [-0.2, -0.15) is 0 Å². The van der Waals surface area contributed by atoms with Crippen molar-refractivity contribution in [2.75, 3.05) is 0 Å². The molecule has 0 aliphatic carbocycles. The van der Waals surface area contributed by atoms with Gasteiger partial charge in [-0.15, -0.1) is 0 Å². The third-order valence-electron chi connectivity index (χ3n) is 2.98. The Hall–Kier alpha value is -1.37. The molecule has 0 aromatic heterocycles. The Labute approximate surface area is 145 Å². The molecule has 0 atom stereocenters. The van der Waals surface area contributed by atoms with E-state index in [2.05, 4.69) is 22.0 Å². The van der Waals surface area contributed by atoms with E-state index in [9.17, 15) is 0 Å². The average Bonchev–Trinajstić information content (AvgIpc) is 2.54. The van der Waals surface area contributed by atoms with Crippen LogP contribution >= 0.6 is 0 Å². The van der Waals surface area contributed by atoms with Crippen LogP contribution in [0.2, 0.25) is 6.55 Å². The fourth-order valence-electron chi connectivity index (χ4n) is 0.346. The zero-order valence-corrected chi connectivity index (χ0v) is 18.9. The molecule has 0 spiro atoms. The van der Waals surface area contributed by atoms with Crippen molar-refractivity contribution in [1.82, 2.24) is 0 Å². The van der Waals surface area contributed by atoms with Crippen molar-refractivity contribution in [2.24, 2.45) is 33.2 Å². The van der Waals surface area contributed by atoms with Crippen LogP contribution in [0.15, 0.2) is 15.5 Å². The highest BCUT2D eigenvalue weighted by atomic mass is 28.1. The van der Waals surface area contributed by atoms with Crippen molar-refractivity contribution < 1.29 is 15.6 Å². The summed E-state index contributed by atoms with van der Waals surface area (Å²) in [4.78, 5) is 0. The summed E-state index contributed by atoms with van der Waals surface area (Å²) in [6.45, 7) is 19.4. The fourth-order valence-corrected chi connectivity index (χ4v) is 0.346. The van der Waals surface area contributed by atoms with Crippen molar-refractivity contribution >= 4 is 27.4 Å². The largest absolute Gasteiger partial charge is 0.411 e. The van der Waals surface area contributed by atoms with Crippen LogP contribution in [-0.4, -0.2) is 43.0 Å². The van der Waals surface area contributed by atoms with Gasteiger partial charge in [0.25, 0.3) is 0 Å². The summed E-state index contributed by atoms with van der Waals surface area (Å²) in [5.74, 6) is 1.10. The third-order valence-corrected chi connectivity index (χ3v) is 2.98. The van der Waals surface area contributed by atoms with Gasteiger partial charge >= 0.3 is 0 Å². The molecule has 0 fully saturated rings. The van der Waals surface area contributed by atoms with Crippen molar-refractivity contribution in [1.29, 1.82) is 0 Å². The van der Waals surface area contributed by atoms with Gasteiger partial charge in [0.1, 0.15) is 0 Å². The molecule has 0 heterocycles. The standard InChI is InChI=1S/3C5H11NO.CH6Si/c3*1-4(2)5(3)6-7;1-2/h3*4,7H,1-3H3;1-2H3. The molecular weight excluding hydrogens is 310 g/mol. The topological polar surface area (TPSA) is 97.8 Å². The monoisotopic (exact) mass is 349 g/mol. The molecule has 0 aliphatic heterocycles. The quantitative estimate of drug-likeness (QED) is 0.312. The van der Waals surface area contributed by atoms with E-state index in [1.807, 2.05) is 41.5 Å². The summed E-state index contributed by atoms with van der Waals surface area (Å²) in [6.07, 6.45) is 0. The van der Waals surface area contributed by atoms with Gasteiger partial charge in [0.15, 0.2) is 0 Å². The van der Waals surface area contributed by atoms with Crippen LogP contribution in [0, 0.1) is 17.8 Å². The minimum absolute atomic E-state index is 0.366. The molecule has 7 heteroatoms. The van der Waals surface area contributed by atoms with E-state index in [-0.39, 0.29) is 0 Å². The summed E-state index contributed by atoms with van der Waals surface area (Å²) in [5, 5.41) is 33.3. The second-order valence-corrected chi connectivity index (χ2v) is 5.69. The number of oxime groups is 3. The molecule has 140 valence electrons. The molecule has 0 aromatic carbocycles. The van der Waals surface area contributed by atoms with E-state index in [1.165, 1.54) is 10.2 Å². The Morgan fingerprint density at radius 3 is 0.696 bits per heavy atom. The van der Waals surface area contributed by atoms with Gasteiger partial charge in [-0.3, -0.25) is 0 Å². The van der Waals surface area contributed by atoms with Gasteiger partial charge in [0.2, 0.25) is 0 Å². The molecule has 0 rings (SSSR count). The molecule has 6 nitrogen and oxygen atoms in total. The SMILES string of the molecule is CC(=NO)C(C)C.CC(=NO)C(C)C.CC(=NO)C(C)C.C[SiH3]. The van der Waals surface area contributed by atoms with Crippen LogP contribution < -0.4 is 0 Å². The summed E-state index contributed by atoms with van der Waals surface area (Å²) in [7, 11) is 1.31. The van der Waals surface area contributed by atoms with Crippen LogP contribution in [-0.2, 0) is 0 Å². The molecule has 0 amide bonds. The van der Waals surface area contributed by atoms with Crippen LogP contribution in [0.3, 0.4) is 0 Å². The second kappa shape index (κ2) is 20.6. The van der Waals surface area contributed by atoms with Crippen molar-refractivity contribution in [3.8, 4) is 0 Å². The van der Waals surface area contributed by atoms with E-state index in [0.717, 1.165) is 17.1 Å². The Balaban J connectivity index is -0.000000111. The first-order chi connectivity index (χ1) is 10.5. The first-order valence-electron chi connectivity index (χ1n) is 8.10. The van der Waals surface area contributed by atoms with E-state index < -0.39 is 0 Å². The zero-order chi connectivity index (χ0) is 19.6. The summed E-state index contributed by atoms with van der Waals surface area (Å²) < 4.78 is 0. The Morgan fingerprint density at radius 2 is 0.696 bits per heavy atom. The van der Waals surface area contributed by atoms with Gasteiger partial charge in [-0.05, 0) is 48.8 Å². The summed E-state index contributed by atoms with van der Waals surface area (Å²) in [6, 6.07) is 0. The van der Waals surface area contributed by atoms with Crippen LogP contribution in [0.5, 0.6) is 0 Å². The number of hydrogen-bond donors (Lipinski definition) is 3. The maximum Gasteiger partial charge on any atom is 0.0565 e. The smallest absolute Gasteiger partial charge is 0.0565 e. The fraction of sp³-hybridized carbons (Fsp3) is 0.812. The Bertz CT molecular complexity index is 287. The van der Waals surface area contributed by atoms with E-state index in [1.54, 1.807) is 20.8 Å². The molecule has 0 unspecified atom stereocenters. The first kappa shape index (κ1) is 29.6. The second-order valence-electron chi connectivity index (χ2n) is 5.69. The molecule has 0 saturated carbocycles. The molecule has 0 aliphatic rings. The number of hydrogen-bond acceptors (Lipinski definition) is 6. The molecule has 0 bridgehead atoms. The van der Waals surface area contributed by atoms with Crippen molar-refractivity contribution in [2.45, 2.75) is 68.9 Å². The minimum Gasteiger partial charge on any atom is -0.411 e. The lowest BCUT2D eigenvalue weighted by Gasteiger charge is -1.96. The van der Waals surface area contributed by atoms with Crippen LogP contribution in [0.25, 0.3) is 0 Å². The van der Waals surface area contributed by atoms with Gasteiger partial charge < -0.3 is 15.6 Å². The molecule has 0 aromatic rings. The van der Waals surface area contributed by atoms with Crippen LogP contribution in [0.4, 0.5) is 0 Å².